The fourth-order valence-corrected chi connectivity index (χ4v) is 5.49. The number of rotatable bonds is 13. The Bertz CT molecular complexity index is 1320. The van der Waals surface area contributed by atoms with Crippen molar-refractivity contribution in [2.45, 2.75) is 56.1 Å². The Morgan fingerprint density at radius 2 is 1.83 bits per heavy atom. The van der Waals surface area contributed by atoms with E-state index in [2.05, 4.69) is 21.9 Å². The fourth-order valence-electron chi connectivity index (χ4n) is 3.56. The Balaban J connectivity index is 1.81. The number of benzene rings is 2. The molecular formula is C25H32N4O5S2. The summed E-state index contributed by atoms with van der Waals surface area (Å²) in [6.07, 6.45) is 3.55. The summed E-state index contributed by atoms with van der Waals surface area (Å²) in [4.78, 5) is 29.5. The van der Waals surface area contributed by atoms with E-state index in [0.717, 1.165) is 31.2 Å². The highest BCUT2D eigenvalue weighted by Gasteiger charge is 2.19. The van der Waals surface area contributed by atoms with Gasteiger partial charge in [-0.25, -0.2) is 22.9 Å². The molecule has 0 bridgehead atoms. The number of amides is 1. The molecule has 0 fully saturated rings. The van der Waals surface area contributed by atoms with Crippen LogP contribution in [-0.4, -0.2) is 49.3 Å². The molecule has 0 aliphatic rings. The zero-order valence-corrected chi connectivity index (χ0v) is 22.4. The molecule has 0 saturated heterocycles. The lowest BCUT2D eigenvalue weighted by Crippen LogP contribution is -2.24. The van der Waals surface area contributed by atoms with Crippen LogP contribution in [0.1, 0.15) is 49.9 Å². The van der Waals surface area contributed by atoms with Gasteiger partial charge in [0.05, 0.1) is 40.0 Å². The van der Waals surface area contributed by atoms with Gasteiger partial charge in [-0.3, -0.25) is 4.79 Å². The molecular weight excluding hydrogens is 500 g/mol. The first-order valence-corrected chi connectivity index (χ1v) is 14.4. The third-order valence-electron chi connectivity index (χ3n) is 5.49. The normalized spacial score (nSPS) is 11.5. The summed E-state index contributed by atoms with van der Waals surface area (Å²) in [6.45, 7) is 5.17. The van der Waals surface area contributed by atoms with Crippen LogP contribution in [0.3, 0.4) is 0 Å². The van der Waals surface area contributed by atoms with E-state index in [1.54, 1.807) is 42.5 Å². The number of fused-ring (bicyclic) bond motifs is 1. The number of sulfonamides is 1. The summed E-state index contributed by atoms with van der Waals surface area (Å²) in [6, 6.07) is 11.6. The molecule has 3 aromatic rings. The predicted octanol–water partition coefficient (Wildman–Crippen LogP) is 4.43. The van der Waals surface area contributed by atoms with E-state index in [1.165, 1.54) is 18.9 Å². The van der Waals surface area contributed by atoms with E-state index in [1.807, 2.05) is 11.5 Å². The zero-order chi connectivity index (χ0) is 26.1. The van der Waals surface area contributed by atoms with E-state index >= 15 is 0 Å². The quantitative estimate of drug-likeness (QED) is 0.190. The van der Waals surface area contributed by atoms with Crippen molar-refractivity contribution in [2.75, 3.05) is 24.7 Å². The number of aromatic nitrogens is 2. The van der Waals surface area contributed by atoms with Gasteiger partial charge in [0, 0.05) is 13.1 Å². The van der Waals surface area contributed by atoms with E-state index in [4.69, 9.17) is 4.74 Å². The molecule has 0 atom stereocenters. The maximum Gasteiger partial charge on any atom is 0.339 e. The van der Waals surface area contributed by atoms with Crippen molar-refractivity contribution in [3.05, 3.63) is 48.0 Å². The standard InChI is InChI=1S/C25H32N4O5S2/c1-4-6-14-26-36(32,33)18-12-13-22-21(16-18)28-25(29(22)15-7-5-2)35-17-23(30)27-20-11-9-8-10-19(20)24(31)34-3/h8-13,16,26H,4-7,14-15,17H2,1-3H3,(H,27,30). The van der Waals surface area contributed by atoms with Crippen molar-refractivity contribution in [2.24, 2.45) is 0 Å². The minimum absolute atomic E-state index is 0.0642. The molecule has 9 nitrogen and oxygen atoms in total. The first-order chi connectivity index (χ1) is 17.3. The molecule has 0 saturated carbocycles. The Kier molecular flexibility index (Phi) is 9.91. The number of hydrogen-bond acceptors (Lipinski definition) is 7. The van der Waals surface area contributed by atoms with Gasteiger partial charge in [0.25, 0.3) is 0 Å². The van der Waals surface area contributed by atoms with Gasteiger partial charge in [0.1, 0.15) is 0 Å². The average molecular weight is 533 g/mol. The summed E-state index contributed by atoms with van der Waals surface area (Å²) in [5, 5.41) is 3.39. The number of carbonyl (C=O) groups is 2. The number of methoxy groups -OCH3 is 1. The van der Waals surface area contributed by atoms with Gasteiger partial charge in [0.2, 0.25) is 15.9 Å². The van der Waals surface area contributed by atoms with Gasteiger partial charge in [-0.1, -0.05) is 50.6 Å². The maximum atomic E-state index is 12.7. The minimum atomic E-state index is -3.63. The van der Waals surface area contributed by atoms with Crippen molar-refractivity contribution in [1.29, 1.82) is 0 Å². The largest absolute Gasteiger partial charge is 0.465 e. The summed E-state index contributed by atoms with van der Waals surface area (Å²) in [5.41, 5.74) is 2.02. The molecule has 2 aromatic carbocycles. The van der Waals surface area contributed by atoms with Crippen molar-refractivity contribution in [1.82, 2.24) is 14.3 Å². The highest BCUT2D eigenvalue weighted by molar-refractivity contribution is 7.99. The van der Waals surface area contributed by atoms with Crippen molar-refractivity contribution >= 4 is 50.4 Å². The van der Waals surface area contributed by atoms with E-state index in [-0.39, 0.29) is 22.1 Å². The second-order valence-electron chi connectivity index (χ2n) is 8.18. The third-order valence-corrected chi connectivity index (χ3v) is 7.93. The lowest BCUT2D eigenvalue weighted by Gasteiger charge is -2.10. The topological polar surface area (TPSA) is 119 Å². The molecule has 0 aliphatic carbocycles. The Labute approximate surface area is 216 Å². The molecule has 1 aromatic heterocycles. The van der Waals surface area contributed by atoms with Gasteiger partial charge in [0.15, 0.2) is 5.16 Å². The number of ether oxygens (including phenoxy) is 1. The molecule has 2 N–H and O–H groups in total. The van der Waals surface area contributed by atoms with E-state index in [0.29, 0.717) is 29.5 Å². The monoisotopic (exact) mass is 532 g/mol. The smallest absolute Gasteiger partial charge is 0.339 e. The van der Waals surface area contributed by atoms with Crippen LogP contribution in [-0.2, 0) is 26.1 Å². The lowest BCUT2D eigenvalue weighted by atomic mass is 10.2. The molecule has 3 rings (SSSR count). The molecule has 0 radical (unpaired) electrons. The predicted molar refractivity (Wildman–Crippen MR) is 142 cm³/mol. The second kappa shape index (κ2) is 12.9. The number of hydrogen-bond donors (Lipinski definition) is 2. The Morgan fingerprint density at radius 3 is 2.56 bits per heavy atom. The second-order valence-corrected chi connectivity index (χ2v) is 10.9. The molecule has 1 amide bonds. The number of aryl methyl sites for hydroxylation is 1. The Hall–Kier alpha value is -2.89. The first kappa shape index (κ1) is 27.7. The molecule has 0 unspecified atom stereocenters. The first-order valence-electron chi connectivity index (χ1n) is 11.9. The van der Waals surface area contributed by atoms with Crippen molar-refractivity contribution in [3.63, 3.8) is 0 Å². The van der Waals surface area contributed by atoms with Gasteiger partial charge < -0.3 is 14.6 Å². The number of nitrogens with zero attached hydrogens (tertiary/aromatic N) is 2. The molecule has 11 heteroatoms. The van der Waals surface area contributed by atoms with Crippen LogP contribution in [0.15, 0.2) is 52.5 Å². The number of thioether (sulfide) groups is 1. The van der Waals surface area contributed by atoms with E-state index in [9.17, 15) is 18.0 Å². The lowest BCUT2D eigenvalue weighted by molar-refractivity contribution is -0.113. The maximum absolute atomic E-state index is 12.7. The fraction of sp³-hybridized carbons (Fsp3) is 0.400. The van der Waals surface area contributed by atoms with Crippen LogP contribution in [0.25, 0.3) is 11.0 Å². The number of carbonyl (C=O) groups excluding carboxylic acids is 2. The highest BCUT2D eigenvalue weighted by atomic mass is 32.2. The van der Waals surface area contributed by atoms with Crippen LogP contribution in [0.4, 0.5) is 5.69 Å². The van der Waals surface area contributed by atoms with Gasteiger partial charge >= 0.3 is 5.97 Å². The molecule has 36 heavy (non-hydrogen) atoms. The van der Waals surface area contributed by atoms with Crippen LogP contribution >= 0.6 is 11.8 Å². The summed E-state index contributed by atoms with van der Waals surface area (Å²) >= 11 is 1.26. The minimum Gasteiger partial charge on any atom is -0.465 e. The molecule has 194 valence electrons. The summed E-state index contributed by atoms with van der Waals surface area (Å²) < 4.78 is 34.7. The number of imidazole rings is 1. The average Bonchev–Trinajstić information content (AvgIpc) is 3.22. The van der Waals surface area contributed by atoms with Crippen LogP contribution < -0.4 is 10.0 Å². The van der Waals surface area contributed by atoms with Crippen LogP contribution in [0.5, 0.6) is 0 Å². The third kappa shape index (κ3) is 6.86. The number of unbranched alkanes of at least 4 members (excludes halogenated alkanes) is 2. The van der Waals surface area contributed by atoms with Gasteiger partial charge in [-0.05, 0) is 43.2 Å². The van der Waals surface area contributed by atoms with Crippen molar-refractivity contribution in [3.8, 4) is 0 Å². The van der Waals surface area contributed by atoms with Gasteiger partial charge in [-0.15, -0.1) is 0 Å². The summed E-state index contributed by atoms with van der Waals surface area (Å²) in [7, 11) is -2.34. The van der Waals surface area contributed by atoms with Gasteiger partial charge in [-0.2, -0.15) is 0 Å². The Morgan fingerprint density at radius 1 is 1.08 bits per heavy atom. The van der Waals surface area contributed by atoms with Crippen LogP contribution in [0.2, 0.25) is 0 Å². The summed E-state index contributed by atoms with van der Waals surface area (Å²) in [5.74, 6) is -0.766. The SMILES string of the molecule is CCCCNS(=O)(=O)c1ccc2c(c1)nc(SCC(=O)Nc1ccccc1C(=O)OC)n2CCCC. The molecule has 0 aliphatic heterocycles. The van der Waals surface area contributed by atoms with E-state index < -0.39 is 16.0 Å². The molecule has 0 spiro atoms. The zero-order valence-electron chi connectivity index (χ0n) is 20.7. The number of anilines is 1. The number of para-hydroxylation sites is 1. The van der Waals surface area contributed by atoms with Crippen molar-refractivity contribution < 1.29 is 22.7 Å². The number of nitrogens with one attached hydrogen (secondary N) is 2. The highest BCUT2D eigenvalue weighted by Crippen LogP contribution is 2.27. The number of esters is 1. The molecule has 1 heterocycles. The van der Waals surface area contributed by atoms with Crippen LogP contribution in [0, 0.1) is 0 Å².